The molecule has 0 aliphatic carbocycles. The average Bonchev–Trinajstić information content (AvgIpc) is 2.50. The number of aromatic nitrogens is 1. The molecule has 0 aliphatic heterocycles. The molecule has 0 atom stereocenters. The fourth-order valence-corrected chi connectivity index (χ4v) is 2.08. The summed E-state index contributed by atoms with van der Waals surface area (Å²) < 4.78 is 0. The molecule has 21 heavy (non-hydrogen) atoms. The first-order valence-electron chi connectivity index (χ1n) is 7.01. The molecule has 2 rings (SSSR count). The summed E-state index contributed by atoms with van der Waals surface area (Å²) in [6.45, 7) is 4.93. The van der Waals surface area contributed by atoms with Crippen LogP contribution in [0.15, 0.2) is 24.3 Å². The second kappa shape index (κ2) is 6.71. The molecule has 1 heterocycles. The van der Waals surface area contributed by atoms with Gasteiger partial charge in [0, 0.05) is 11.8 Å². The van der Waals surface area contributed by atoms with E-state index in [9.17, 15) is 10.1 Å². The van der Waals surface area contributed by atoms with Crippen LogP contribution in [-0.2, 0) is 4.79 Å². The summed E-state index contributed by atoms with van der Waals surface area (Å²) in [5.41, 5.74) is 2.70. The molecule has 2 aromatic rings. The third kappa shape index (κ3) is 3.69. The maximum Gasteiger partial charge on any atom is 0.290 e. The van der Waals surface area contributed by atoms with Crippen LogP contribution in [-0.4, -0.2) is 19.0 Å². The van der Waals surface area contributed by atoms with Gasteiger partial charge in [-0.2, -0.15) is 5.26 Å². The van der Waals surface area contributed by atoms with E-state index in [4.69, 9.17) is 0 Å². The Balaban J connectivity index is 2.14. The van der Waals surface area contributed by atoms with E-state index >= 15 is 0 Å². The van der Waals surface area contributed by atoms with Crippen molar-refractivity contribution >= 4 is 22.6 Å². The van der Waals surface area contributed by atoms with Crippen molar-refractivity contribution in [1.29, 1.82) is 5.26 Å². The molecule has 0 unspecified atom stereocenters. The van der Waals surface area contributed by atoms with Gasteiger partial charge in [-0.05, 0) is 24.6 Å². The van der Waals surface area contributed by atoms with Gasteiger partial charge in [0.15, 0.2) is 0 Å². The first-order valence-corrected chi connectivity index (χ1v) is 7.01. The number of aromatic amines is 1. The van der Waals surface area contributed by atoms with Crippen LogP contribution in [0.1, 0.15) is 24.5 Å². The third-order valence-corrected chi connectivity index (χ3v) is 3.23. The van der Waals surface area contributed by atoms with E-state index in [1.807, 2.05) is 38.1 Å². The summed E-state index contributed by atoms with van der Waals surface area (Å²) in [6.07, 6.45) is 0.477. The number of hydrogen-bond donors (Lipinski definition) is 2. The van der Waals surface area contributed by atoms with E-state index in [-0.39, 0.29) is 5.91 Å². The third-order valence-electron chi connectivity index (χ3n) is 3.23. The van der Waals surface area contributed by atoms with Gasteiger partial charge in [-0.25, -0.2) is 4.98 Å². The first kappa shape index (κ1) is 14.8. The SMILES string of the molecule is CCC(=O)NCCNc1[nH+]c2cc(C)ccc2cc1C#N. The van der Waals surface area contributed by atoms with Crippen LogP contribution < -0.4 is 15.6 Å². The number of benzene rings is 1. The highest BCUT2D eigenvalue weighted by molar-refractivity contribution is 5.79. The van der Waals surface area contributed by atoms with Gasteiger partial charge in [0.25, 0.3) is 5.82 Å². The minimum absolute atomic E-state index is 0.0235. The fourth-order valence-electron chi connectivity index (χ4n) is 2.08. The Morgan fingerprint density at radius 3 is 2.86 bits per heavy atom. The summed E-state index contributed by atoms with van der Waals surface area (Å²) in [7, 11) is 0. The van der Waals surface area contributed by atoms with Crippen LogP contribution >= 0.6 is 0 Å². The number of carbonyl (C=O) groups is 1. The van der Waals surface area contributed by atoms with E-state index < -0.39 is 0 Å². The number of nitrogens with zero attached hydrogens (tertiary/aromatic N) is 1. The fraction of sp³-hybridized carbons (Fsp3) is 0.312. The van der Waals surface area contributed by atoms with Crippen molar-refractivity contribution in [2.75, 3.05) is 18.4 Å². The van der Waals surface area contributed by atoms with Crippen molar-refractivity contribution < 1.29 is 9.78 Å². The molecule has 1 aromatic heterocycles. The Bertz CT molecular complexity index is 703. The maximum atomic E-state index is 11.2. The van der Waals surface area contributed by atoms with Crippen molar-refractivity contribution in [3.63, 3.8) is 0 Å². The molecule has 0 radical (unpaired) electrons. The van der Waals surface area contributed by atoms with Crippen LogP contribution in [0.25, 0.3) is 10.9 Å². The van der Waals surface area contributed by atoms with Gasteiger partial charge < -0.3 is 5.32 Å². The van der Waals surface area contributed by atoms with Crippen molar-refractivity contribution in [2.45, 2.75) is 20.3 Å². The molecule has 5 heteroatoms. The van der Waals surface area contributed by atoms with Gasteiger partial charge in [0.1, 0.15) is 23.7 Å². The van der Waals surface area contributed by atoms with E-state index in [1.54, 1.807) is 0 Å². The molecule has 0 bridgehead atoms. The number of amides is 1. The standard InChI is InChI=1S/C16H18N4O/c1-3-15(21)18-6-7-19-16-13(10-17)9-12-5-4-11(2)8-14(12)20-16/h4-5,8-9H,3,6-7H2,1-2H3,(H,18,21)(H,19,20)/p+1. The number of H-pyrrole nitrogens is 1. The lowest BCUT2D eigenvalue weighted by atomic mass is 10.1. The highest BCUT2D eigenvalue weighted by Gasteiger charge is 2.12. The van der Waals surface area contributed by atoms with E-state index in [0.717, 1.165) is 16.5 Å². The average molecular weight is 283 g/mol. The van der Waals surface area contributed by atoms with Gasteiger partial charge in [-0.3, -0.25) is 10.1 Å². The Morgan fingerprint density at radius 2 is 2.14 bits per heavy atom. The Labute approximate surface area is 124 Å². The van der Waals surface area contributed by atoms with E-state index in [1.165, 1.54) is 0 Å². The lowest BCUT2D eigenvalue weighted by Crippen LogP contribution is -2.29. The lowest BCUT2D eigenvalue weighted by Gasteiger charge is -2.05. The molecule has 1 amide bonds. The number of pyridine rings is 1. The second-order valence-corrected chi connectivity index (χ2v) is 4.89. The van der Waals surface area contributed by atoms with E-state index in [0.29, 0.717) is 30.9 Å². The predicted octanol–water partition coefficient (Wildman–Crippen LogP) is 1.77. The number of fused-ring (bicyclic) bond motifs is 1. The van der Waals surface area contributed by atoms with Crippen molar-refractivity contribution in [3.8, 4) is 6.07 Å². The zero-order valence-corrected chi connectivity index (χ0v) is 12.3. The molecule has 0 fully saturated rings. The zero-order chi connectivity index (χ0) is 15.2. The highest BCUT2D eigenvalue weighted by Crippen LogP contribution is 2.17. The molecular weight excluding hydrogens is 264 g/mol. The van der Waals surface area contributed by atoms with Crippen molar-refractivity contribution in [2.24, 2.45) is 0 Å². The number of hydrogen-bond acceptors (Lipinski definition) is 3. The summed E-state index contributed by atoms with van der Waals surface area (Å²) >= 11 is 0. The Morgan fingerprint density at radius 1 is 1.33 bits per heavy atom. The van der Waals surface area contributed by atoms with Crippen LogP contribution in [0.3, 0.4) is 0 Å². The number of nitriles is 1. The van der Waals surface area contributed by atoms with Gasteiger partial charge in [0.05, 0.1) is 6.54 Å². The molecule has 3 N–H and O–H groups in total. The molecule has 0 aliphatic rings. The van der Waals surface area contributed by atoms with Crippen LogP contribution in [0.2, 0.25) is 0 Å². The van der Waals surface area contributed by atoms with Crippen LogP contribution in [0.5, 0.6) is 0 Å². The number of anilines is 1. The van der Waals surface area contributed by atoms with Gasteiger partial charge >= 0.3 is 0 Å². The van der Waals surface area contributed by atoms with E-state index in [2.05, 4.69) is 21.7 Å². The molecule has 0 saturated heterocycles. The van der Waals surface area contributed by atoms with Gasteiger partial charge in [-0.1, -0.05) is 19.1 Å². The number of carbonyl (C=O) groups excluding carboxylic acids is 1. The highest BCUT2D eigenvalue weighted by atomic mass is 16.1. The summed E-state index contributed by atoms with van der Waals surface area (Å²) in [5, 5.41) is 16.2. The molecule has 0 saturated carbocycles. The van der Waals surface area contributed by atoms with Gasteiger partial charge in [-0.15, -0.1) is 0 Å². The number of rotatable bonds is 5. The predicted molar refractivity (Wildman–Crippen MR) is 81.7 cm³/mol. The monoisotopic (exact) mass is 283 g/mol. The molecule has 5 nitrogen and oxygen atoms in total. The second-order valence-electron chi connectivity index (χ2n) is 4.89. The molecule has 0 spiro atoms. The summed E-state index contributed by atoms with van der Waals surface area (Å²) in [4.78, 5) is 14.4. The molecule has 108 valence electrons. The first-order chi connectivity index (χ1) is 10.1. The largest absolute Gasteiger partial charge is 0.352 e. The Kier molecular flexibility index (Phi) is 4.72. The summed E-state index contributed by atoms with van der Waals surface area (Å²) in [6, 6.07) is 10.1. The Hall–Kier alpha value is -2.61. The topological polar surface area (TPSA) is 79.1 Å². The van der Waals surface area contributed by atoms with Crippen LogP contribution in [0, 0.1) is 18.3 Å². The molecule has 1 aromatic carbocycles. The smallest absolute Gasteiger partial charge is 0.290 e. The normalized spacial score (nSPS) is 10.1. The maximum absolute atomic E-state index is 11.2. The summed E-state index contributed by atoms with van der Waals surface area (Å²) in [5.74, 6) is 0.705. The minimum Gasteiger partial charge on any atom is -0.352 e. The van der Waals surface area contributed by atoms with Crippen molar-refractivity contribution in [3.05, 3.63) is 35.4 Å². The van der Waals surface area contributed by atoms with Crippen molar-refractivity contribution in [1.82, 2.24) is 5.32 Å². The number of aryl methyl sites for hydroxylation is 1. The lowest BCUT2D eigenvalue weighted by molar-refractivity contribution is -0.327. The quantitative estimate of drug-likeness (QED) is 0.821. The minimum atomic E-state index is 0.0235. The number of nitrogens with one attached hydrogen (secondary N) is 3. The van der Waals surface area contributed by atoms with Crippen LogP contribution in [0.4, 0.5) is 5.82 Å². The van der Waals surface area contributed by atoms with Gasteiger partial charge in [0.2, 0.25) is 5.91 Å². The molecular formula is C16H19N4O+. The zero-order valence-electron chi connectivity index (χ0n) is 12.3.